The van der Waals surface area contributed by atoms with E-state index < -0.39 is 169 Å². The number of carbonyl (C=O) groups is 10. The summed E-state index contributed by atoms with van der Waals surface area (Å²) in [7, 11) is 13.0. The van der Waals surface area contributed by atoms with Gasteiger partial charge in [0.25, 0.3) is 12.9 Å². The van der Waals surface area contributed by atoms with Gasteiger partial charge in [-0.3, -0.25) is 33.6 Å². The van der Waals surface area contributed by atoms with Crippen molar-refractivity contribution >= 4 is 61.3 Å². The van der Waals surface area contributed by atoms with E-state index >= 15 is 0 Å². The number of aliphatic hydroxyl groups is 8. The first-order chi connectivity index (χ1) is 60.7. The summed E-state index contributed by atoms with van der Waals surface area (Å²) in [6.07, 6.45) is 4.45. The van der Waals surface area contributed by atoms with Crippen molar-refractivity contribution in [3.05, 3.63) is 35.6 Å². The van der Waals surface area contributed by atoms with E-state index in [0.717, 1.165) is 72.3 Å². The standard InChI is InChI=1S/C36H63NO10.C32H53NO11.C19H30O4.C2H4O2.CH2O2.4CH4O/c1-13-28-36(10,41)33(39)23(8)30-20(5)16-27(44-30)32(47-35-25(18-38)26(37(11)12)17-21(6)43-35)22(7)31(24(9)34(40)45-28)46-29(42-14-2)15-19(3)4;1-12-23-32(9)28(43-31(38)44-32)19(6)24(35)15(2)13-16(3)26(18(5)25(36)20(7)29(37)41-23)42-30-27(40-21(8)34)22(33(10)11)14-17(4)39-30;1-15-14-17(12-13-20)9-6-7-11-19(22)23-16(2)8-4-3-5-10-18(15)21;1-4-2-3;2-1-3;4*1-2/h18-19,21-29,31-33,35,39,41H,13-17H2,1-12H3;15-20,22-23,25-28,30,36H,12-14H2,1-11H3;3-5,10,13,15-18,21H,6-9,11-12,14H2,1-2H3;2H,1H3;1H,(H,2,3);4*2H,1H3/b;;4-3+,10-5+;;;;;;/t21-,22+,23+,24-,25-,26+,27?,28-,29?,31+,32-,33-,35+,36-;15-,16+,17-,18+,19+,20-,22+,23-,25+,26+,27?,28-,30?,32-;15-,16-,17+,18+;;;;;;/m111....../s1. The third-order valence-electron chi connectivity index (χ3n) is 24.6. The molecule has 5 fully saturated rings. The predicted molar refractivity (Wildman–Crippen MR) is 481 cm³/mol. The summed E-state index contributed by atoms with van der Waals surface area (Å²) in [6, 6.07) is -0.280. The predicted octanol–water partition coefficient (Wildman–Crippen LogP) is 9.47. The molecule has 7 aliphatic heterocycles. The summed E-state index contributed by atoms with van der Waals surface area (Å²) < 4.78 is 83.4. The van der Waals surface area contributed by atoms with E-state index in [9.17, 15) is 58.8 Å². The maximum Gasteiger partial charge on any atom is 0.509 e. The Morgan fingerprint density at radius 3 is 1.71 bits per heavy atom. The van der Waals surface area contributed by atoms with Crippen LogP contribution >= 0.6 is 0 Å². The molecule has 7 heterocycles. The molecule has 129 heavy (non-hydrogen) atoms. The SMILES string of the molecule is CCOC(CC(C)C)O[C@H]1[C@H](C)[C@@H](O[C@@H]2O[C@H](C)C[C@H](N(C)C)[C@H]2C=O)C2CC(C)=C(O2)[C@H](C)[C@@H](O)[C@](C)(O)[C@@H](CC)OC(=O)[C@@H]1C.CC[C@H]1OC(=O)[C@H](C)[C@@H](O)[C@H](C)[C@@H](OC2O[C@H](C)C[C@H](N(C)C)C2OC(C)=O)[C@@H](C)C[C@@H](C)C(=O)[C@H](C)[C@H]2OC(=O)O[C@@]21C.CO.CO.CO.CO.COC=O.C[C@@H]1C/C=C/C=C/[C@H](O)[C@H](C)C[C@H](CC=O)CCCCC(=O)O1.O=CO. The molecule has 7 rings (SSSR count). The highest BCUT2D eigenvalue weighted by Gasteiger charge is 2.59. The number of carboxylic acid groups (broad SMARTS) is 1. The number of ether oxygens (including phenoxy) is 14. The molecule has 0 radical (unpaired) electrons. The second-order valence-corrected chi connectivity index (χ2v) is 35.6. The minimum atomic E-state index is -1.76. The summed E-state index contributed by atoms with van der Waals surface area (Å²) in [5, 5.41) is 79.8. The molecular formula is C94H168N2O33. The van der Waals surface area contributed by atoms with E-state index in [4.69, 9.17) is 96.7 Å². The number of aldehydes is 2. The molecule has 9 N–H and O–H groups in total. The van der Waals surface area contributed by atoms with Gasteiger partial charge in [-0.1, -0.05) is 113 Å². The number of allylic oxidation sites excluding steroid dienone is 2. The number of Topliss-reactive ketones (excluding diaryl/α,β-unsaturated/α-hetero) is 1. The number of hydrogen-bond donors (Lipinski definition) is 9. The van der Waals surface area contributed by atoms with Gasteiger partial charge in [0.2, 0.25) is 0 Å². The van der Waals surface area contributed by atoms with Crippen molar-refractivity contribution in [1.82, 2.24) is 9.80 Å². The van der Waals surface area contributed by atoms with Crippen LogP contribution in [-0.2, 0) is 109 Å². The van der Waals surface area contributed by atoms with Gasteiger partial charge in [-0.15, -0.1) is 0 Å². The van der Waals surface area contributed by atoms with Crippen LogP contribution in [-0.4, -0.2) is 315 Å². The van der Waals surface area contributed by atoms with Gasteiger partial charge in [-0.2, -0.15) is 0 Å². The van der Waals surface area contributed by atoms with Crippen molar-refractivity contribution in [2.75, 3.05) is 70.3 Å². The van der Waals surface area contributed by atoms with Crippen molar-refractivity contribution in [2.24, 2.45) is 71.0 Å². The molecule has 7 aliphatic rings. The third-order valence-corrected chi connectivity index (χ3v) is 24.6. The molecule has 0 amide bonds. The van der Waals surface area contributed by atoms with Crippen molar-refractivity contribution in [3.63, 3.8) is 0 Å². The van der Waals surface area contributed by atoms with Crippen molar-refractivity contribution in [3.8, 4) is 0 Å². The minimum Gasteiger partial charge on any atom is -0.491 e. The van der Waals surface area contributed by atoms with E-state index in [-0.39, 0.29) is 85.1 Å². The van der Waals surface area contributed by atoms with Crippen molar-refractivity contribution in [1.29, 1.82) is 0 Å². The monoisotopic (exact) mass is 1850 g/mol. The Hall–Kier alpha value is -6.52. The van der Waals surface area contributed by atoms with Crippen LogP contribution in [0.25, 0.3) is 0 Å². The second-order valence-electron chi connectivity index (χ2n) is 35.6. The number of methoxy groups -OCH3 is 1. The van der Waals surface area contributed by atoms with E-state index in [1.54, 1.807) is 54.5 Å². The Labute approximate surface area is 767 Å². The smallest absolute Gasteiger partial charge is 0.491 e. The number of nitrogens with zero attached hydrogens (tertiary/aromatic N) is 2. The summed E-state index contributed by atoms with van der Waals surface area (Å²) >= 11 is 0. The number of hydrogen-bond acceptors (Lipinski definition) is 34. The molecule has 0 aromatic carbocycles. The molecule has 32 atom stereocenters. The molecule has 0 aromatic rings. The van der Waals surface area contributed by atoms with Crippen LogP contribution in [0.5, 0.6) is 0 Å². The molecule has 2 bridgehead atoms. The lowest BCUT2D eigenvalue weighted by Gasteiger charge is -2.45. The van der Waals surface area contributed by atoms with Gasteiger partial charge in [0.05, 0.1) is 79.6 Å². The third kappa shape index (κ3) is 39.1. The van der Waals surface area contributed by atoms with Gasteiger partial charge in [0.15, 0.2) is 36.7 Å². The topological polar surface area (TPSA) is 488 Å². The molecule has 35 nitrogen and oxygen atoms in total. The van der Waals surface area contributed by atoms with Gasteiger partial charge in [-0.05, 0) is 165 Å². The lowest BCUT2D eigenvalue weighted by atomic mass is 9.75. The Kier molecular flexibility index (Phi) is 62.2. The molecule has 0 aromatic heterocycles. The van der Waals surface area contributed by atoms with Crippen molar-refractivity contribution in [2.45, 2.75) is 363 Å². The largest absolute Gasteiger partial charge is 0.509 e. The molecule has 4 unspecified atom stereocenters. The molecule has 752 valence electrons. The quantitative estimate of drug-likeness (QED) is 0.0251. The zero-order chi connectivity index (χ0) is 99.8. The number of rotatable bonds is 19. The minimum absolute atomic E-state index is 0.0936. The zero-order valence-corrected chi connectivity index (χ0v) is 82.8. The van der Waals surface area contributed by atoms with Gasteiger partial charge in [0.1, 0.15) is 60.2 Å². The fourth-order valence-electron chi connectivity index (χ4n) is 17.8. The fraction of sp³-hybridized carbons (Fsp3) is 0.830. The van der Waals surface area contributed by atoms with Crippen LogP contribution in [0.4, 0.5) is 4.79 Å². The molecule has 0 saturated carbocycles. The van der Waals surface area contributed by atoms with E-state index in [1.807, 2.05) is 125 Å². The van der Waals surface area contributed by atoms with Crippen LogP contribution in [0.3, 0.4) is 0 Å². The lowest BCUT2D eigenvalue weighted by Crippen LogP contribution is -2.58. The number of likely N-dealkylation sites (N-methyl/N-ethyl adjacent to an activating group) is 1. The van der Waals surface area contributed by atoms with Gasteiger partial charge in [-0.25, -0.2) is 4.79 Å². The maximum atomic E-state index is 14.0. The van der Waals surface area contributed by atoms with E-state index in [1.165, 1.54) is 21.0 Å². The highest BCUT2D eigenvalue weighted by molar-refractivity contribution is 5.84. The second kappa shape index (κ2) is 64.4. The van der Waals surface area contributed by atoms with Gasteiger partial charge in [0, 0.05) is 104 Å². The number of fused-ring (bicyclic) bond motifs is 3. The highest BCUT2D eigenvalue weighted by Crippen LogP contribution is 2.45. The summed E-state index contributed by atoms with van der Waals surface area (Å²) in [4.78, 5) is 122. The molecule has 35 heteroatoms. The number of carbonyl (C=O) groups excluding carboxylic acids is 9. The average molecular weight is 1850 g/mol. The van der Waals surface area contributed by atoms with Crippen LogP contribution in [0.1, 0.15) is 235 Å². The Morgan fingerprint density at radius 1 is 0.643 bits per heavy atom. The zero-order valence-electron chi connectivity index (χ0n) is 82.8. The van der Waals surface area contributed by atoms with Crippen LogP contribution in [0.2, 0.25) is 0 Å². The number of ketones is 1. The molecule has 5 saturated heterocycles. The van der Waals surface area contributed by atoms with Crippen molar-refractivity contribution < 1.29 is 160 Å². The first-order valence-corrected chi connectivity index (χ1v) is 45.4. The van der Waals surface area contributed by atoms with Gasteiger partial charge < -0.3 is 132 Å². The van der Waals surface area contributed by atoms with E-state index in [0.29, 0.717) is 70.2 Å². The molecular weight excluding hydrogens is 1690 g/mol. The van der Waals surface area contributed by atoms with Crippen LogP contribution < -0.4 is 0 Å². The maximum absolute atomic E-state index is 14.0. The number of esters is 4. The normalized spacial score (nSPS) is 36.6. The Morgan fingerprint density at radius 2 is 1.19 bits per heavy atom. The Bertz CT molecular complexity index is 3280. The summed E-state index contributed by atoms with van der Waals surface area (Å²) in [5.74, 6) is -6.39. The van der Waals surface area contributed by atoms with Crippen LogP contribution in [0, 0.1) is 71.0 Å². The highest BCUT2D eigenvalue weighted by atomic mass is 16.8. The lowest BCUT2D eigenvalue weighted by molar-refractivity contribution is -0.286. The fourth-order valence-corrected chi connectivity index (χ4v) is 17.8. The molecule has 0 aliphatic carbocycles. The first-order valence-electron chi connectivity index (χ1n) is 45.4. The number of aliphatic hydroxyl groups excluding tert-OH is 7. The average Bonchev–Trinajstić information content (AvgIpc) is 1.65. The summed E-state index contributed by atoms with van der Waals surface area (Å²) in [5.41, 5.74) is -2.23. The van der Waals surface area contributed by atoms with Crippen LogP contribution in [0.15, 0.2) is 35.6 Å². The van der Waals surface area contributed by atoms with Gasteiger partial charge >= 0.3 is 30.0 Å². The van der Waals surface area contributed by atoms with E-state index in [2.05, 4.69) is 18.6 Å². The number of cyclic esters (lactones) is 3. The Balaban J connectivity index is 0. The summed E-state index contributed by atoms with van der Waals surface area (Å²) in [6.45, 7) is 38.7. The first kappa shape index (κ1) is 125. The molecule has 0 spiro atoms.